The maximum atomic E-state index is 10.8. The average Bonchev–Trinajstić information content (AvgIpc) is 2.47. The van der Waals surface area contributed by atoms with Crippen LogP contribution in [0.2, 0.25) is 0 Å². The Kier molecular flexibility index (Phi) is 4.90. The summed E-state index contributed by atoms with van der Waals surface area (Å²) in [5, 5.41) is 20.4. The summed E-state index contributed by atoms with van der Waals surface area (Å²) in [5.74, 6) is 1.40. The molecule has 1 aliphatic carbocycles. The summed E-state index contributed by atoms with van der Waals surface area (Å²) in [6.07, 6.45) is 2.89. The minimum absolute atomic E-state index is 0.0952. The Morgan fingerprint density at radius 1 is 1.33 bits per heavy atom. The molecular formula is C18H25NO2. The van der Waals surface area contributed by atoms with Gasteiger partial charge in [0, 0.05) is 0 Å². The zero-order chi connectivity index (χ0) is 15.5. The van der Waals surface area contributed by atoms with Crippen LogP contribution in [-0.2, 0) is 0 Å². The van der Waals surface area contributed by atoms with Crippen LogP contribution in [0.5, 0.6) is 5.75 Å². The molecule has 0 radical (unpaired) electrons. The second-order valence-corrected chi connectivity index (χ2v) is 6.59. The van der Waals surface area contributed by atoms with Crippen LogP contribution in [0.3, 0.4) is 0 Å². The van der Waals surface area contributed by atoms with Crippen LogP contribution in [-0.4, -0.2) is 11.2 Å². The number of ether oxygens (including phenoxy) is 1. The van der Waals surface area contributed by atoms with Gasteiger partial charge in [-0.05, 0) is 63.1 Å². The molecule has 0 aliphatic heterocycles. The smallest absolute Gasteiger partial charge is 0.120 e. The van der Waals surface area contributed by atoms with Gasteiger partial charge in [-0.1, -0.05) is 19.1 Å². The van der Waals surface area contributed by atoms with Crippen LogP contribution in [0.4, 0.5) is 0 Å². The molecule has 1 aromatic carbocycles. The highest BCUT2D eigenvalue weighted by atomic mass is 16.5. The first kappa shape index (κ1) is 15.9. The van der Waals surface area contributed by atoms with Crippen molar-refractivity contribution in [1.82, 2.24) is 0 Å². The number of hydrogen-bond acceptors (Lipinski definition) is 3. The van der Waals surface area contributed by atoms with Crippen molar-refractivity contribution in [2.45, 2.75) is 58.7 Å². The Hall–Kier alpha value is -1.53. The van der Waals surface area contributed by atoms with Crippen LogP contribution < -0.4 is 4.74 Å². The molecule has 1 aromatic rings. The molecule has 0 amide bonds. The third kappa shape index (κ3) is 3.57. The molecule has 0 spiro atoms. The molecule has 21 heavy (non-hydrogen) atoms. The maximum absolute atomic E-state index is 10.8. The summed E-state index contributed by atoms with van der Waals surface area (Å²) in [7, 11) is 0. The van der Waals surface area contributed by atoms with E-state index in [-0.39, 0.29) is 6.10 Å². The van der Waals surface area contributed by atoms with Crippen LogP contribution in [0.15, 0.2) is 24.3 Å². The molecule has 0 bridgehead atoms. The van der Waals surface area contributed by atoms with E-state index in [0.29, 0.717) is 5.92 Å². The Morgan fingerprint density at radius 3 is 2.57 bits per heavy atom. The second kappa shape index (κ2) is 6.49. The first-order chi connectivity index (χ1) is 9.97. The van der Waals surface area contributed by atoms with Gasteiger partial charge in [0.15, 0.2) is 0 Å². The Balaban J connectivity index is 2.22. The molecular weight excluding hydrogens is 262 g/mol. The van der Waals surface area contributed by atoms with E-state index in [1.807, 2.05) is 38.1 Å². The largest absolute Gasteiger partial charge is 0.491 e. The summed E-state index contributed by atoms with van der Waals surface area (Å²) in [6.45, 7) is 6.16. The molecule has 1 aliphatic rings. The van der Waals surface area contributed by atoms with Crippen molar-refractivity contribution in [2.75, 3.05) is 0 Å². The van der Waals surface area contributed by atoms with Crippen molar-refractivity contribution in [3.05, 3.63) is 29.8 Å². The molecule has 0 heterocycles. The molecule has 1 N–H and O–H groups in total. The van der Waals surface area contributed by atoms with Gasteiger partial charge in [0.1, 0.15) is 5.75 Å². The van der Waals surface area contributed by atoms with Gasteiger partial charge in [0.25, 0.3) is 0 Å². The standard InChI is InChI=1S/C18H25NO2/c1-13(2)21-16-6-4-5-15(11-16)17(20)18(12-19)9-7-14(3)8-10-18/h4-6,11,13-14,17,20H,7-10H2,1-3H3. The van der Waals surface area contributed by atoms with Gasteiger partial charge in [0.2, 0.25) is 0 Å². The number of hydrogen-bond donors (Lipinski definition) is 1. The molecule has 114 valence electrons. The third-order valence-corrected chi connectivity index (χ3v) is 4.46. The number of nitriles is 1. The zero-order valence-electron chi connectivity index (χ0n) is 13.2. The normalized spacial score (nSPS) is 27.1. The lowest BCUT2D eigenvalue weighted by atomic mass is 9.67. The van der Waals surface area contributed by atoms with E-state index >= 15 is 0 Å². The second-order valence-electron chi connectivity index (χ2n) is 6.59. The Morgan fingerprint density at radius 2 is 2.00 bits per heavy atom. The SMILES string of the molecule is CC1CCC(C#N)(C(O)c2cccc(OC(C)C)c2)CC1. The molecule has 2 rings (SSSR count). The van der Waals surface area contributed by atoms with Gasteiger partial charge in [0.05, 0.1) is 23.7 Å². The molecule has 1 fully saturated rings. The van der Waals surface area contributed by atoms with Crippen LogP contribution in [0.25, 0.3) is 0 Å². The van der Waals surface area contributed by atoms with E-state index in [4.69, 9.17) is 4.74 Å². The topological polar surface area (TPSA) is 53.2 Å². The number of nitrogens with zero attached hydrogens (tertiary/aromatic N) is 1. The van der Waals surface area contributed by atoms with Gasteiger partial charge in [-0.25, -0.2) is 0 Å². The molecule has 0 aromatic heterocycles. The fraction of sp³-hybridized carbons (Fsp3) is 0.611. The Labute approximate surface area is 127 Å². The van der Waals surface area contributed by atoms with Gasteiger partial charge in [-0.2, -0.15) is 5.26 Å². The van der Waals surface area contributed by atoms with Crippen molar-refractivity contribution in [3.63, 3.8) is 0 Å². The lowest BCUT2D eigenvalue weighted by Gasteiger charge is -2.37. The molecule has 1 atom stereocenters. The summed E-state index contributed by atoms with van der Waals surface area (Å²) < 4.78 is 5.68. The van der Waals surface area contributed by atoms with Crippen LogP contribution in [0, 0.1) is 22.7 Å². The highest BCUT2D eigenvalue weighted by Crippen LogP contribution is 2.47. The number of benzene rings is 1. The molecule has 3 heteroatoms. The minimum atomic E-state index is -0.745. The molecule has 0 saturated heterocycles. The lowest BCUT2D eigenvalue weighted by molar-refractivity contribution is 0.0264. The van der Waals surface area contributed by atoms with Crippen LogP contribution >= 0.6 is 0 Å². The molecule has 3 nitrogen and oxygen atoms in total. The van der Waals surface area contributed by atoms with Crippen molar-refractivity contribution in [1.29, 1.82) is 5.26 Å². The summed E-state index contributed by atoms with van der Waals surface area (Å²) in [4.78, 5) is 0. The monoisotopic (exact) mass is 287 g/mol. The van der Waals surface area contributed by atoms with E-state index in [1.165, 1.54) is 0 Å². The van der Waals surface area contributed by atoms with E-state index in [2.05, 4.69) is 13.0 Å². The number of rotatable bonds is 4. The van der Waals surface area contributed by atoms with Crippen LogP contribution in [0.1, 0.15) is 58.1 Å². The fourth-order valence-electron chi connectivity index (χ4n) is 3.07. The first-order valence-corrected chi connectivity index (χ1v) is 7.83. The quantitative estimate of drug-likeness (QED) is 0.901. The van der Waals surface area contributed by atoms with Crippen molar-refractivity contribution < 1.29 is 9.84 Å². The fourth-order valence-corrected chi connectivity index (χ4v) is 3.07. The van der Waals surface area contributed by atoms with Gasteiger partial charge < -0.3 is 9.84 Å². The Bertz CT molecular complexity index is 510. The van der Waals surface area contributed by atoms with E-state index < -0.39 is 11.5 Å². The minimum Gasteiger partial charge on any atom is -0.491 e. The molecule has 1 saturated carbocycles. The van der Waals surface area contributed by atoms with Crippen molar-refractivity contribution in [3.8, 4) is 11.8 Å². The number of aliphatic hydroxyl groups excluding tert-OH is 1. The summed E-state index contributed by atoms with van der Waals surface area (Å²) >= 11 is 0. The predicted molar refractivity (Wildman–Crippen MR) is 82.8 cm³/mol. The van der Waals surface area contributed by atoms with Gasteiger partial charge >= 0.3 is 0 Å². The summed E-state index contributed by atoms with van der Waals surface area (Å²) in [6, 6.07) is 9.92. The average molecular weight is 287 g/mol. The first-order valence-electron chi connectivity index (χ1n) is 7.83. The maximum Gasteiger partial charge on any atom is 0.120 e. The highest BCUT2D eigenvalue weighted by molar-refractivity contribution is 5.32. The molecule has 1 unspecified atom stereocenters. The van der Waals surface area contributed by atoms with Gasteiger partial charge in [-0.3, -0.25) is 0 Å². The van der Waals surface area contributed by atoms with E-state index in [0.717, 1.165) is 37.0 Å². The van der Waals surface area contributed by atoms with E-state index in [9.17, 15) is 10.4 Å². The van der Waals surface area contributed by atoms with Crippen molar-refractivity contribution >= 4 is 0 Å². The zero-order valence-corrected chi connectivity index (χ0v) is 13.2. The van der Waals surface area contributed by atoms with E-state index in [1.54, 1.807) is 0 Å². The summed E-state index contributed by atoms with van der Waals surface area (Å²) in [5.41, 5.74) is 0.132. The van der Waals surface area contributed by atoms with Crippen molar-refractivity contribution in [2.24, 2.45) is 11.3 Å². The number of aliphatic hydroxyl groups is 1. The lowest BCUT2D eigenvalue weighted by Crippen LogP contribution is -2.32. The highest BCUT2D eigenvalue weighted by Gasteiger charge is 2.41. The van der Waals surface area contributed by atoms with Gasteiger partial charge in [-0.15, -0.1) is 0 Å². The third-order valence-electron chi connectivity index (χ3n) is 4.46. The predicted octanol–water partition coefficient (Wildman–Crippen LogP) is 4.23.